The van der Waals surface area contributed by atoms with Crippen molar-refractivity contribution in [2.75, 3.05) is 20.1 Å². The van der Waals surface area contributed by atoms with Crippen LogP contribution < -0.4 is 10.6 Å². The summed E-state index contributed by atoms with van der Waals surface area (Å²) in [5, 5.41) is 15.5. The topological polar surface area (TPSA) is 67.1 Å². The predicted molar refractivity (Wildman–Crippen MR) is 88.0 cm³/mol. The summed E-state index contributed by atoms with van der Waals surface area (Å²) in [4.78, 5) is 4.29. The molecule has 0 amide bonds. The van der Waals surface area contributed by atoms with E-state index in [2.05, 4.69) is 30.4 Å². The number of aliphatic imine (C=N–C) groups is 1. The van der Waals surface area contributed by atoms with E-state index in [1.54, 1.807) is 0 Å². The van der Waals surface area contributed by atoms with E-state index in [1.165, 1.54) is 44.3 Å². The first-order valence-electron chi connectivity index (χ1n) is 8.72. The van der Waals surface area contributed by atoms with Crippen LogP contribution in [0.3, 0.4) is 0 Å². The van der Waals surface area contributed by atoms with Crippen molar-refractivity contribution in [2.45, 2.75) is 57.9 Å². The van der Waals surface area contributed by atoms with E-state index >= 15 is 0 Å². The molecule has 0 saturated heterocycles. The monoisotopic (exact) mass is 304 g/mol. The molecule has 6 nitrogen and oxygen atoms in total. The molecule has 1 saturated carbocycles. The minimum atomic E-state index is 0.839. The minimum Gasteiger partial charge on any atom is -0.356 e. The molecule has 6 heteroatoms. The van der Waals surface area contributed by atoms with Crippen molar-refractivity contribution in [3.05, 3.63) is 11.6 Å². The van der Waals surface area contributed by atoms with Gasteiger partial charge in [-0.25, -0.2) is 0 Å². The second-order valence-corrected chi connectivity index (χ2v) is 6.42. The van der Waals surface area contributed by atoms with Gasteiger partial charge in [-0.1, -0.05) is 12.8 Å². The van der Waals surface area contributed by atoms with Crippen LogP contribution in [0.2, 0.25) is 0 Å². The van der Waals surface area contributed by atoms with Crippen LogP contribution in [0.25, 0.3) is 0 Å². The molecule has 1 aliphatic heterocycles. The molecular weight excluding hydrogens is 276 g/mol. The molecule has 22 heavy (non-hydrogen) atoms. The molecule has 0 radical (unpaired) electrons. The van der Waals surface area contributed by atoms with Crippen molar-refractivity contribution < 1.29 is 0 Å². The van der Waals surface area contributed by atoms with E-state index in [4.69, 9.17) is 0 Å². The molecule has 0 bridgehead atoms. The Labute approximate surface area is 132 Å². The van der Waals surface area contributed by atoms with Gasteiger partial charge in [0.1, 0.15) is 11.6 Å². The van der Waals surface area contributed by atoms with Crippen LogP contribution in [-0.4, -0.2) is 40.9 Å². The van der Waals surface area contributed by atoms with E-state index in [-0.39, 0.29) is 0 Å². The van der Waals surface area contributed by atoms with Crippen LogP contribution >= 0.6 is 0 Å². The van der Waals surface area contributed by atoms with Gasteiger partial charge in [0, 0.05) is 39.5 Å². The predicted octanol–water partition coefficient (Wildman–Crippen LogP) is 1.51. The Kier molecular flexibility index (Phi) is 5.29. The highest BCUT2D eigenvalue weighted by Gasteiger charge is 2.17. The summed E-state index contributed by atoms with van der Waals surface area (Å²) in [6, 6.07) is 0. The fourth-order valence-corrected chi connectivity index (χ4v) is 3.18. The number of hydrogen-bond acceptors (Lipinski definition) is 3. The molecule has 0 aromatic carbocycles. The van der Waals surface area contributed by atoms with E-state index in [1.807, 2.05) is 7.05 Å². The number of nitrogens with zero attached hydrogens (tertiary/aromatic N) is 4. The Morgan fingerprint density at radius 1 is 1.18 bits per heavy atom. The average Bonchev–Trinajstić information content (AvgIpc) is 2.71. The van der Waals surface area contributed by atoms with Crippen LogP contribution in [0.1, 0.15) is 50.2 Å². The van der Waals surface area contributed by atoms with Gasteiger partial charge in [0.05, 0.1) is 0 Å². The van der Waals surface area contributed by atoms with Gasteiger partial charge in [0.25, 0.3) is 0 Å². The Bertz CT molecular complexity index is 503. The van der Waals surface area contributed by atoms with E-state index < -0.39 is 0 Å². The van der Waals surface area contributed by atoms with E-state index in [9.17, 15) is 0 Å². The van der Waals surface area contributed by atoms with Crippen LogP contribution in [0.5, 0.6) is 0 Å². The second-order valence-electron chi connectivity index (χ2n) is 6.42. The zero-order valence-electron chi connectivity index (χ0n) is 13.6. The van der Waals surface area contributed by atoms with Gasteiger partial charge in [0.15, 0.2) is 5.96 Å². The molecule has 1 fully saturated rings. The fourth-order valence-electron chi connectivity index (χ4n) is 3.18. The number of fused-ring (bicyclic) bond motifs is 1. The quantitative estimate of drug-likeness (QED) is 0.639. The van der Waals surface area contributed by atoms with Gasteiger partial charge in [-0.15, -0.1) is 10.2 Å². The van der Waals surface area contributed by atoms with Crippen molar-refractivity contribution in [3.8, 4) is 0 Å². The van der Waals surface area contributed by atoms with Crippen LogP contribution in [0.15, 0.2) is 4.99 Å². The maximum atomic E-state index is 4.37. The van der Waals surface area contributed by atoms with Crippen LogP contribution in [-0.2, 0) is 19.4 Å². The third-order valence-electron chi connectivity index (χ3n) is 4.83. The molecule has 2 N–H and O–H groups in total. The highest BCUT2D eigenvalue weighted by Crippen LogP contribution is 2.25. The summed E-state index contributed by atoms with van der Waals surface area (Å²) in [6.45, 7) is 2.97. The zero-order valence-corrected chi connectivity index (χ0v) is 13.6. The summed E-state index contributed by atoms with van der Waals surface area (Å²) in [6.07, 6.45) is 9.87. The van der Waals surface area contributed by atoms with Crippen LogP contribution in [0.4, 0.5) is 0 Å². The van der Waals surface area contributed by atoms with Gasteiger partial charge < -0.3 is 15.2 Å². The number of nitrogens with one attached hydrogen (secondary N) is 2. The van der Waals surface area contributed by atoms with Gasteiger partial charge in [-0.05, 0) is 31.6 Å². The SMILES string of the molecule is CN=C(NCCc1nnc2n1CCCCC2)NCC1CCC1. The minimum absolute atomic E-state index is 0.839. The number of aryl methyl sites for hydroxylation is 1. The largest absolute Gasteiger partial charge is 0.356 e. The third-order valence-corrected chi connectivity index (χ3v) is 4.83. The third kappa shape index (κ3) is 3.78. The van der Waals surface area contributed by atoms with Gasteiger partial charge in [-0.2, -0.15) is 0 Å². The van der Waals surface area contributed by atoms with Crippen molar-refractivity contribution in [1.29, 1.82) is 0 Å². The highest BCUT2D eigenvalue weighted by molar-refractivity contribution is 5.79. The normalized spacial score (nSPS) is 19.2. The molecule has 3 rings (SSSR count). The smallest absolute Gasteiger partial charge is 0.190 e. The molecule has 0 spiro atoms. The Morgan fingerprint density at radius 3 is 2.86 bits per heavy atom. The van der Waals surface area contributed by atoms with Gasteiger partial charge in [0.2, 0.25) is 0 Å². The summed E-state index contributed by atoms with van der Waals surface area (Å²) < 4.78 is 2.32. The molecule has 0 atom stereocenters. The molecule has 1 aliphatic carbocycles. The highest BCUT2D eigenvalue weighted by atomic mass is 15.3. The zero-order chi connectivity index (χ0) is 15.2. The van der Waals surface area contributed by atoms with Crippen LogP contribution in [0, 0.1) is 5.92 Å². The van der Waals surface area contributed by atoms with Gasteiger partial charge >= 0.3 is 0 Å². The second kappa shape index (κ2) is 7.61. The number of hydrogen-bond donors (Lipinski definition) is 2. The molecule has 122 valence electrons. The molecule has 1 aromatic rings. The summed E-state index contributed by atoms with van der Waals surface area (Å²) in [7, 11) is 1.83. The van der Waals surface area contributed by atoms with Crippen molar-refractivity contribution in [1.82, 2.24) is 25.4 Å². The van der Waals surface area contributed by atoms with Gasteiger partial charge in [-0.3, -0.25) is 4.99 Å². The molecule has 2 heterocycles. The molecule has 0 unspecified atom stereocenters. The Morgan fingerprint density at radius 2 is 2.09 bits per heavy atom. The summed E-state index contributed by atoms with van der Waals surface area (Å²) >= 11 is 0. The lowest BCUT2D eigenvalue weighted by atomic mass is 9.85. The summed E-state index contributed by atoms with van der Waals surface area (Å²) in [5.41, 5.74) is 0. The lowest BCUT2D eigenvalue weighted by Gasteiger charge is -2.26. The van der Waals surface area contributed by atoms with Crippen molar-refractivity contribution in [2.24, 2.45) is 10.9 Å². The molecular formula is C16H28N6. The fraction of sp³-hybridized carbons (Fsp3) is 0.812. The maximum Gasteiger partial charge on any atom is 0.190 e. The standard InChI is InChI=1S/C16H28N6/c1-17-16(19-12-13-6-5-7-13)18-10-9-15-21-20-14-8-3-2-4-11-22(14)15/h13H,2-12H2,1H3,(H2,17,18,19). The first-order chi connectivity index (χ1) is 10.9. The molecule has 2 aliphatic rings. The van der Waals surface area contributed by atoms with E-state index in [0.29, 0.717) is 0 Å². The Hall–Kier alpha value is -1.59. The number of guanidine groups is 1. The first kappa shape index (κ1) is 15.3. The average molecular weight is 304 g/mol. The first-order valence-corrected chi connectivity index (χ1v) is 8.72. The number of aromatic nitrogens is 3. The lowest BCUT2D eigenvalue weighted by molar-refractivity contribution is 0.314. The summed E-state index contributed by atoms with van der Waals surface area (Å²) in [5.74, 6) is 4.02. The van der Waals surface area contributed by atoms with Crippen molar-refractivity contribution in [3.63, 3.8) is 0 Å². The number of rotatable bonds is 5. The molecule has 1 aromatic heterocycles. The van der Waals surface area contributed by atoms with Crippen molar-refractivity contribution >= 4 is 5.96 Å². The van der Waals surface area contributed by atoms with E-state index in [0.717, 1.165) is 50.2 Å². The Balaban J connectivity index is 1.44. The lowest BCUT2D eigenvalue weighted by Crippen LogP contribution is -2.41. The maximum absolute atomic E-state index is 4.37.